The summed E-state index contributed by atoms with van der Waals surface area (Å²) < 4.78 is 27.5. The van der Waals surface area contributed by atoms with E-state index < -0.39 is 16.0 Å². The monoisotopic (exact) mass is 363 g/mol. The van der Waals surface area contributed by atoms with Crippen molar-refractivity contribution in [3.63, 3.8) is 0 Å². The van der Waals surface area contributed by atoms with Gasteiger partial charge in [-0.15, -0.1) is 0 Å². The number of carboxylic acids is 1. The number of sulfonamides is 1. The van der Waals surface area contributed by atoms with Crippen molar-refractivity contribution in [2.45, 2.75) is 32.1 Å². The number of carboxylic acid groups (broad SMARTS) is 1. The lowest BCUT2D eigenvalue weighted by molar-refractivity contribution is 0.0696. The fraction of sp³-hybridized carbons (Fsp3) is 0.462. The molecule has 7 heteroatoms. The Kier molecular flexibility index (Phi) is 5.73. The van der Waals surface area contributed by atoms with Gasteiger partial charge in [0.05, 0.1) is 10.5 Å². The maximum absolute atomic E-state index is 12.3. The van der Waals surface area contributed by atoms with Crippen LogP contribution in [0, 0.1) is 12.8 Å². The van der Waals surface area contributed by atoms with Crippen molar-refractivity contribution in [1.82, 2.24) is 4.72 Å². The van der Waals surface area contributed by atoms with Crippen LogP contribution in [0.1, 0.15) is 36.2 Å². The van der Waals surface area contributed by atoms with Gasteiger partial charge in [-0.2, -0.15) is 0 Å². The highest BCUT2D eigenvalue weighted by molar-refractivity contribution is 9.10. The highest BCUT2D eigenvalue weighted by Crippen LogP contribution is 2.26. The molecule has 20 heavy (non-hydrogen) atoms. The van der Waals surface area contributed by atoms with Gasteiger partial charge in [-0.1, -0.05) is 36.2 Å². The van der Waals surface area contributed by atoms with Crippen molar-refractivity contribution in [2.75, 3.05) is 6.54 Å². The van der Waals surface area contributed by atoms with Crippen LogP contribution in [0.25, 0.3) is 0 Å². The summed E-state index contributed by atoms with van der Waals surface area (Å²) in [6, 6.07) is 2.58. The number of halogens is 1. The Labute approximate surface area is 127 Å². The van der Waals surface area contributed by atoms with Gasteiger partial charge in [-0.25, -0.2) is 17.9 Å². The van der Waals surface area contributed by atoms with Gasteiger partial charge in [0.2, 0.25) is 10.0 Å². The first-order valence-electron chi connectivity index (χ1n) is 6.22. The van der Waals surface area contributed by atoms with Crippen LogP contribution in [0.3, 0.4) is 0 Å². The third-order valence-corrected chi connectivity index (χ3v) is 5.53. The Morgan fingerprint density at radius 2 is 2.05 bits per heavy atom. The molecule has 0 aromatic heterocycles. The number of hydrogen-bond acceptors (Lipinski definition) is 3. The minimum absolute atomic E-state index is 0.00687. The molecule has 1 rings (SSSR count). The van der Waals surface area contributed by atoms with Crippen LogP contribution in [0.2, 0.25) is 0 Å². The third-order valence-electron chi connectivity index (χ3n) is 3.15. The summed E-state index contributed by atoms with van der Waals surface area (Å²) in [5, 5.41) is 9.01. The summed E-state index contributed by atoms with van der Waals surface area (Å²) in [6.07, 6.45) is 0.861. The molecule has 0 saturated heterocycles. The smallest absolute Gasteiger partial charge is 0.335 e. The molecule has 0 saturated carbocycles. The van der Waals surface area contributed by atoms with E-state index in [0.717, 1.165) is 6.42 Å². The first-order chi connectivity index (χ1) is 9.19. The average molecular weight is 364 g/mol. The summed E-state index contributed by atoms with van der Waals surface area (Å²) in [5.74, 6) is -0.944. The Hall–Kier alpha value is -0.920. The number of carbonyl (C=O) groups is 1. The van der Waals surface area contributed by atoms with Crippen LogP contribution in [0.15, 0.2) is 21.5 Å². The molecule has 1 aromatic carbocycles. The average Bonchev–Trinajstić information content (AvgIpc) is 2.38. The van der Waals surface area contributed by atoms with E-state index in [0.29, 0.717) is 16.6 Å². The van der Waals surface area contributed by atoms with E-state index in [1.54, 1.807) is 6.92 Å². The molecule has 0 aliphatic rings. The van der Waals surface area contributed by atoms with Crippen molar-refractivity contribution < 1.29 is 18.3 Å². The summed E-state index contributed by atoms with van der Waals surface area (Å²) >= 11 is 3.20. The van der Waals surface area contributed by atoms with E-state index >= 15 is 0 Å². The number of nitrogens with one attached hydrogen (secondary N) is 1. The predicted molar refractivity (Wildman–Crippen MR) is 80.5 cm³/mol. The molecule has 0 radical (unpaired) electrons. The molecule has 0 amide bonds. The topological polar surface area (TPSA) is 83.5 Å². The van der Waals surface area contributed by atoms with Gasteiger partial charge in [0.15, 0.2) is 0 Å². The van der Waals surface area contributed by atoms with Gasteiger partial charge in [0.25, 0.3) is 0 Å². The number of rotatable bonds is 6. The second-order valence-corrected chi connectivity index (χ2v) is 7.34. The van der Waals surface area contributed by atoms with Crippen molar-refractivity contribution in [3.05, 3.63) is 27.7 Å². The molecule has 1 unspecified atom stereocenters. The summed E-state index contributed by atoms with van der Waals surface area (Å²) in [7, 11) is -3.72. The molecule has 0 aliphatic heterocycles. The highest BCUT2D eigenvalue weighted by Gasteiger charge is 2.21. The molecule has 2 N–H and O–H groups in total. The molecule has 0 fully saturated rings. The number of hydrogen-bond donors (Lipinski definition) is 2. The van der Waals surface area contributed by atoms with Gasteiger partial charge in [0.1, 0.15) is 0 Å². The zero-order valence-electron chi connectivity index (χ0n) is 11.6. The highest BCUT2D eigenvalue weighted by atomic mass is 79.9. The molecule has 0 bridgehead atoms. The Morgan fingerprint density at radius 1 is 1.45 bits per heavy atom. The molecule has 5 nitrogen and oxygen atoms in total. The molecule has 112 valence electrons. The molecule has 0 aliphatic carbocycles. The quantitative estimate of drug-likeness (QED) is 0.813. The minimum atomic E-state index is -3.72. The molecule has 1 aromatic rings. The van der Waals surface area contributed by atoms with Crippen LogP contribution < -0.4 is 4.72 Å². The lowest BCUT2D eigenvalue weighted by Gasteiger charge is -2.14. The van der Waals surface area contributed by atoms with Crippen LogP contribution in [0.5, 0.6) is 0 Å². The molecule has 1 atom stereocenters. The summed E-state index contributed by atoms with van der Waals surface area (Å²) in [4.78, 5) is 11.0. The van der Waals surface area contributed by atoms with Gasteiger partial charge in [-0.05, 0) is 30.5 Å². The summed E-state index contributed by atoms with van der Waals surface area (Å²) in [5.41, 5.74) is 0.429. The van der Waals surface area contributed by atoms with Crippen LogP contribution in [-0.4, -0.2) is 26.0 Å². The van der Waals surface area contributed by atoms with Crippen molar-refractivity contribution in [1.29, 1.82) is 0 Å². The maximum atomic E-state index is 12.3. The van der Waals surface area contributed by atoms with Crippen LogP contribution in [0.4, 0.5) is 0 Å². The second-order valence-electron chi connectivity index (χ2n) is 4.75. The number of benzene rings is 1. The fourth-order valence-corrected chi connectivity index (χ4v) is 3.58. The van der Waals surface area contributed by atoms with Crippen molar-refractivity contribution >= 4 is 31.9 Å². The lowest BCUT2D eigenvalue weighted by atomic mass is 10.1. The van der Waals surface area contributed by atoms with Crippen LogP contribution >= 0.6 is 15.9 Å². The third kappa shape index (κ3) is 4.04. The standard InChI is InChI=1S/C13H18BrNO4S/c1-4-8(2)7-15-20(18,19)12-6-10(13(16)17)5-11(14)9(12)3/h5-6,8,15H,4,7H2,1-3H3,(H,16,17). The van der Waals surface area contributed by atoms with E-state index in [9.17, 15) is 13.2 Å². The Balaban J connectivity index is 3.20. The Bertz CT molecular complexity index is 613. The molecular weight excluding hydrogens is 346 g/mol. The maximum Gasteiger partial charge on any atom is 0.335 e. The SMILES string of the molecule is CCC(C)CNS(=O)(=O)c1cc(C(=O)O)cc(Br)c1C. The molecule has 0 heterocycles. The van der Waals surface area contributed by atoms with Gasteiger partial charge in [0, 0.05) is 11.0 Å². The molecular formula is C13H18BrNO4S. The van der Waals surface area contributed by atoms with Crippen LogP contribution in [-0.2, 0) is 10.0 Å². The van der Waals surface area contributed by atoms with Crippen molar-refractivity contribution in [2.24, 2.45) is 5.92 Å². The second kappa shape index (κ2) is 6.69. The van der Waals surface area contributed by atoms with E-state index in [-0.39, 0.29) is 16.4 Å². The number of aromatic carboxylic acids is 1. The molecule has 0 spiro atoms. The van der Waals surface area contributed by atoms with E-state index in [1.807, 2.05) is 13.8 Å². The van der Waals surface area contributed by atoms with Gasteiger partial charge >= 0.3 is 5.97 Å². The van der Waals surface area contributed by atoms with Gasteiger partial charge in [-0.3, -0.25) is 0 Å². The van der Waals surface area contributed by atoms with E-state index in [4.69, 9.17) is 5.11 Å². The zero-order valence-corrected chi connectivity index (χ0v) is 14.0. The zero-order chi connectivity index (χ0) is 15.5. The van der Waals surface area contributed by atoms with E-state index in [1.165, 1.54) is 12.1 Å². The minimum Gasteiger partial charge on any atom is -0.478 e. The fourth-order valence-electron chi connectivity index (χ4n) is 1.53. The normalized spacial score (nSPS) is 13.2. The Morgan fingerprint density at radius 3 is 2.55 bits per heavy atom. The first kappa shape index (κ1) is 17.1. The van der Waals surface area contributed by atoms with Gasteiger partial charge < -0.3 is 5.11 Å². The van der Waals surface area contributed by atoms with E-state index in [2.05, 4.69) is 20.7 Å². The first-order valence-corrected chi connectivity index (χ1v) is 8.49. The predicted octanol–water partition coefficient (Wildman–Crippen LogP) is 2.78. The van der Waals surface area contributed by atoms with Crippen molar-refractivity contribution in [3.8, 4) is 0 Å². The largest absolute Gasteiger partial charge is 0.478 e. The summed E-state index contributed by atoms with van der Waals surface area (Å²) in [6.45, 7) is 5.88. The lowest BCUT2D eigenvalue weighted by Crippen LogP contribution is -2.29.